The van der Waals surface area contributed by atoms with Crippen LogP contribution < -0.4 is 4.90 Å². The molecule has 0 radical (unpaired) electrons. The number of likely N-dealkylation sites (tertiary alicyclic amines) is 1. The van der Waals surface area contributed by atoms with E-state index < -0.39 is 0 Å². The number of aromatic nitrogens is 4. The Morgan fingerprint density at radius 2 is 1.85 bits per heavy atom. The molecule has 34 heavy (non-hydrogen) atoms. The summed E-state index contributed by atoms with van der Waals surface area (Å²) >= 11 is 0. The topological polar surface area (TPSA) is 70.4 Å². The standard InChI is InChI=1S/C26H33N7O/c1-20-16-21(2)33(29-20)25-9-8-23(17-28-25)26(34)32-11-5-6-22(19-32)18-30-12-14-31(15-13-30)24-7-3-4-10-27-24/h3-4,7-10,16-17,22H,5-6,11-15,18-19H2,1-2H3. The van der Waals surface area contributed by atoms with Crippen LogP contribution in [0.1, 0.15) is 34.6 Å². The zero-order valence-corrected chi connectivity index (χ0v) is 20.1. The van der Waals surface area contributed by atoms with Gasteiger partial charge in [-0.1, -0.05) is 6.07 Å². The van der Waals surface area contributed by atoms with E-state index in [0.29, 0.717) is 11.5 Å². The first-order chi connectivity index (χ1) is 16.6. The fourth-order valence-electron chi connectivity index (χ4n) is 5.15. The lowest BCUT2D eigenvalue weighted by Gasteiger charge is -2.39. The molecule has 0 aromatic carbocycles. The van der Waals surface area contributed by atoms with E-state index in [4.69, 9.17) is 0 Å². The second-order valence-electron chi connectivity index (χ2n) is 9.48. The van der Waals surface area contributed by atoms with Gasteiger partial charge >= 0.3 is 0 Å². The molecule has 0 bridgehead atoms. The molecule has 1 unspecified atom stereocenters. The number of aryl methyl sites for hydroxylation is 2. The number of anilines is 1. The van der Waals surface area contributed by atoms with Crippen LogP contribution in [0.5, 0.6) is 0 Å². The van der Waals surface area contributed by atoms with Crippen LogP contribution in [-0.2, 0) is 0 Å². The van der Waals surface area contributed by atoms with Gasteiger partial charge < -0.3 is 9.80 Å². The first-order valence-corrected chi connectivity index (χ1v) is 12.2. The summed E-state index contributed by atoms with van der Waals surface area (Å²) < 4.78 is 1.81. The highest BCUT2D eigenvalue weighted by Crippen LogP contribution is 2.21. The molecule has 5 heterocycles. The molecule has 2 fully saturated rings. The fraction of sp³-hybridized carbons (Fsp3) is 0.462. The van der Waals surface area contributed by atoms with Gasteiger partial charge in [-0.15, -0.1) is 0 Å². The van der Waals surface area contributed by atoms with Gasteiger partial charge in [0, 0.05) is 63.9 Å². The highest BCUT2D eigenvalue weighted by molar-refractivity contribution is 5.94. The lowest BCUT2D eigenvalue weighted by Crippen LogP contribution is -2.50. The molecule has 3 aromatic rings. The maximum Gasteiger partial charge on any atom is 0.255 e. The number of nitrogens with zero attached hydrogens (tertiary/aromatic N) is 7. The van der Waals surface area contributed by atoms with E-state index in [-0.39, 0.29) is 5.91 Å². The van der Waals surface area contributed by atoms with Gasteiger partial charge in [0.25, 0.3) is 5.91 Å². The average molecular weight is 460 g/mol. The van der Waals surface area contributed by atoms with Gasteiger partial charge in [0.1, 0.15) is 5.82 Å². The third-order valence-corrected chi connectivity index (χ3v) is 6.89. The van der Waals surface area contributed by atoms with Gasteiger partial charge in [0.2, 0.25) is 0 Å². The number of carbonyl (C=O) groups excluding carboxylic acids is 1. The molecule has 5 rings (SSSR count). The van der Waals surface area contributed by atoms with Crippen molar-refractivity contribution in [2.24, 2.45) is 5.92 Å². The maximum atomic E-state index is 13.2. The van der Waals surface area contributed by atoms with E-state index in [9.17, 15) is 4.79 Å². The molecule has 0 saturated carbocycles. The highest BCUT2D eigenvalue weighted by atomic mass is 16.2. The van der Waals surface area contributed by atoms with Gasteiger partial charge in [-0.3, -0.25) is 9.69 Å². The normalized spacial score (nSPS) is 19.4. The van der Waals surface area contributed by atoms with Crippen LogP contribution in [-0.4, -0.2) is 81.3 Å². The lowest BCUT2D eigenvalue weighted by atomic mass is 9.96. The number of piperidine rings is 1. The summed E-state index contributed by atoms with van der Waals surface area (Å²) in [6.45, 7) is 10.7. The van der Waals surface area contributed by atoms with E-state index >= 15 is 0 Å². The van der Waals surface area contributed by atoms with Crippen LogP contribution in [0.15, 0.2) is 48.8 Å². The largest absolute Gasteiger partial charge is 0.354 e. The van der Waals surface area contributed by atoms with Crippen molar-refractivity contribution >= 4 is 11.7 Å². The molecule has 2 aliphatic heterocycles. The smallest absolute Gasteiger partial charge is 0.255 e. The summed E-state index contributed by atoms with van der Waals surface area (Å²) in [5, 5.41) is 4.48. The molecule has 8 heteroatoms. The van der Waals surface area contributed by atoms with E-state index in [2.05, 4.69) is 30.9 Å². The number of pyridine rings is 2. The zero-order valence-electron chi connectivity index (χ0n) is 20.1. The fourth-order valence-corrected chi connectivity index (χ4v) is 5.15. The van der Waals surface area contributed by atoms with Gasteiger partial charge in [-0.2, -0.15) is 5.10 Å². The number of hydrogen-bond acceptors (Lipinski definition) is 6. The molecule has 8 nitrogen and oxygen atoms in total. The molecule has 0 N–H and O–H groups in total. The van der Waals surface area contributed by atoms with Crippen molar-refractivity contribution in [2.45, 2.75) is 26.7 Å². The summed E-state index contributed by atoms with van der Waals surface area (Å²) in [5.41, 5.74) is 2.63. The third kappa shape index (κ3) is 4.97. The van der Waals surface area contributed by atoms with Crippen molar-refractivity contribution in [1.82, 2.24) is 29.5 Å². The molecule has 1 amide bonds. The first kappa shape index (κ1) is 22.5. The number of piperazine rings is 1. The molecule has 1 atom stereocenters. The number of hydrogen-bond donors (Lipinski definition) is 0. The summed E-state index contributed by atoms with van der Waals surface area (Å²) in [5.74, 6) is 2.40. The predicted octanol–water partition coefficient (Wildman–Crippen LogP) is 2.95. The number of carbonyl (C=O) groups is 1. The quantitative estimate of drug-likeness (QED) is 0.584. The van der Waals surface area contributed by atoms with E-state index in [1.165, 1.54) is 6.42 Å². The molecule has 178 valence electrons. The van der Waals surface area contributed by atoms with Crippen LogP contribution in [0, 0.1) is 19.8 Å². The van der Waals surface area contributed by atoms with Crippen molar-refractivity contribution in [1.29, 1.82) is 0 Å². The lowest BCUT2D eigenvalue weighted by molar-refractivity contribution is 0.0637. The third-order valence-electron chi connectivity index (χ3n) is 6.89. The highest BCUT2D eigenvalue weighted by Gasteiger charge is 2.27. The summed E-state index contributed by atoms with van der Waals surface area (Å²) in [7, 11) is 0. The zero-order chi connectivity index (χ0) is 23.5. The molecule has 0 spiro atoms. The van der Waals surface area contributed by atoms with E-state index in [1.54, 1.807) is 6.20 Å². The van der Waals surface area contributed by atoms with Crippen LogP contribution in [0.25, 0.3) is 5.82 Å². The second-order valence-corrected chi connectivity index (χ2v) is 9.48. The van der Waals surface area contributed by atoms with Crippen molar-refractivity contribution in [2.75, 3.05) is 50.7 Å². The van der Waals surface area contributed by atoms with Crippen molar-refractivity contribution in [3.05, 3.63) is 65.7 Å². The van der Waals surface area contributed by atoms with Gasteiger partial charge in [-0.05, 0) is 62.9 Å². The Morgan fingerprint density at radius 1 is 1.00 bits per heavy atom. The summed E-state index contributed by atoms with van der Waals surface area (Å²) in [6.07, 6.45) is 5.78. The Bertz CT molecular complexity index is 1100. The molecule has 3 aromatic heterocycles. The summed E-state index contributed by atoms with van der Waals surface area (Å²) in [6, 6.07) is 11.9. The van der Waals surface area contributed by atoms with Crippen molar-refractivity contribution in [3.63, 3.8) is 0 Å². The van der Waals surface area contributed by atoms with Crippen LogP contribution >= 0.6 is 0 Å². The number of rotatable bonds is 5. The first-order valence-electron chi connectivity index (χ1n) is 12.2. The molecular weight excluding hydrogens is 426 g/mol. The van der Waals surface area contributed by atoms with E-state index in [1.807, 2.05) is 60.0 Å². The molecule has 2 saturated heterocycles. The Kier molecular flexibility index (Phi) is 6.58. The monoisotopic (exact) mass is 459 g/mol. The Morgan fingerprint density at radius 3 is 2.53 bits per heavy atom. The second kappa shape index (κ2) is 9.93. The van der Waals surface area contributed by atoms with Gasteiger partial charge in [-0.25, -0.2) is 14.6 Å². The van der Waals surface area contributed by atoms with Crippen LogP contribution in [0.3, 0.4) is 0 Å². The minimum absolute atomic E-state index is 0.0806. The molecule has 0 aliphatic carbocycles. The minimum Gasteiger partial charge on any atom is -0.354 e. The molecular formula is C26H33N7O. The van der Waals surface area contributed by atoms with Gasteiger partial charge in [0.05, 0.1) is 11.3 Å². The van der Waals surface area contributed by atoms with Crippen molar-refractivity contribution in [3.8, 4) is 5.82 Å². The minimum atomic E-state index is 0.0806. The average Bonchev–Trinajstić information content (AvgIpc) is 3.22. The van der Waals surface area contributed by atoms with Crippen LogP contribution in [0.2, 0.25) is 0 Å². The Hall–Kier alpha value is -3.26. The SMILES string of the molecule is Cc1cc(C)n(-c2ccc(C(=O)N3CCCC(CN4CCN(c5ccccn5)CC4)C3)cn2)n1. The van der Waals surface area contributed by atoms with E-state index in [0.717, 1.165) is 75.3 Å². The van der Waals surface area contributed by atoms with Crippen LogP contribution in [0.4, 0.5) is 5.82 Å². The molecule has 2 aliphatic rings. The predicted molar refractivity (Wildman–Crippen MR) is 132 cm³/mol. The van der Waals surface area contributed by atoms with Gasteiger partial charge in [0.15, 0.2) is 5.82 Å². The Balaban J connectivity index is 1.15. The number of amides is 1. The van der Waals surface area contributed by atoms with Crippen molar-refractivity contribution < 1.29 is 4.79 Å². The summed E-state index contributed by atoms with van der Waals surface area (Å²) in [4.78, 5) is 29.1. The maximum absolute atomic E-state index is 13.2. The Labute approximate surface area is 201 Å².